The van der Waals surface area contributed by atoms with Crippen LogP contribution in [0.2, 0.25) is 0 Å². The number of aryl methyl sites for hydroxylation is 1. The van der Waals surface area contributed by atoms with Crippen LogP contribution in [0.3, 0.4) is 0 Å². The maximum Gasteiger partial charge on any atom is 0.121 e. The first-order valence-electron chi connectivity index (χ1n) is 5.39. The fourth-order valence-electron chi connectivity index (χ4n) is 1.54. The first-order valence-corrected chi connectivity index (χ1v) is 5.39. The van der Waals surface area contributed by atoms with Crippen LogP contribution < -0.4 is 10.2 Å². The van der Waals surface area contributed by atoms with E-state index in [4.69, 9.17) is 5.26 Å². The van der Waals surface area contributed by atoms with Crippen molar-refractivity contribution in [1.82, 2.24) is 5.32 Å². The van der Waals surface area contributed by atoms with E-state index in [9.17, 15) is 0 Å². The summed E-state index contributed by atoms with van der Waals surface area (Å²) in [5.74, 6) is 0. The SMILES string of the molecule is CNC(C)(C#N)CN(C)c1ccc(C)cc1. The zero-order valence-corrected chi connectivity index (χ0v) is 10.4. The lowest BCUT2D eigenvalue weighted by molar-refractivity contribution is 0.492. The Kier molecular flexibility index (Phi) is 3.92. The monoisotopic (exact) mass is 217 g/mol. The molecule has 3 nitrogen and oxygen atoms in total. The molecule has 0 aliphatic heterocycles. The van der Waals surface area contributed by atoms with Crippen molar-refractivity contribution in [3.8, 4) is 6.07 Å². The molecule has 0 spiro atoms. The van der Waals surface area contributed by atoms with E-state index in [1.807, 2.05) is 21.0 Å². The van der Waals surface area contributed by atoms with Crippen molar-refractivity contribution in [2.75, 3.05) is 25.5 Å². The number of nitriles is 1. The standard InChI is InChI=1S/C13H19N3/c1-11-5-7-12(8-6-11)16(4)10-13(2,9-14)15-3/h5-8,15H,10H2,1-4H3. The molecule has 0 aliphatic carbocycles. The van der Waals surface area contributed by atoms with E-state index in [0.29, 0.717) is 6.54 Å². The number of anilines is 1. The van der Waals surface area contributed by atoms with Crippen LogP contribution in [0.1, 0.15) is 12.5 Å². The van der Waals surface area contributed by atoms with Crippen molar-refractivity contribution in [1.29, 1.82) is 5.26 Å². The Bertz CT molecular complexity index is 377. The molecular weight excluding hydrogens is 198 g/mol. The lowest BCUT2D eigenvalue weighted by Gasteiger charge is -2.29. The van der Waals surface area contributed by atoms with E-state index in [1.54, 1.807) is 0 Å². The highest BCUT2D eigenvalue weighted by molar-refractivity contribution is 5.47. The average Bonchev–Trinajstić information content (AvgIpc) is 2.29. The molecule has 0 heterocycles. The molecule has 1 N–H and O–H groups in total. The quantitative estimate of drug-likeness (QED) is 0.837. The summed E-state index contributed by atoms with van der Waals surface area (Å²) >= 11 is 0. The molecule has 0 aliphatic rings. The van der Waals surface area contributed by atoms with Crippen LogP contribution in [0.15, 0.2) is 24.3 Å². The van der Waals surface area contributed by atoms with E-state index < -0.39 is 5.54 Å². The second-order valence-electron chi connectivity index (χ2n) is 4.39. The third kappa shape index (κ3) is 2.98. The van der Waals surface area contributed by atoms with Crippen LogP contribution >= 0.6 is 0 Å². The molecule has 1 rings (SSSR count). The number of hydrogen-bond acceptors (Lipinski definition) is 3. The van der Waals surface area contributed by atoms with Crippen LogP contribution in [-0.2, 0) is 0 Å². The van der Waals surface area contributed by atoms with Gasteiger partial charge in [-0.2, -0.15) is 5.26 Å². The second-order valence-corrected chi connectivity index (χ2v) is 4.39. The highest BCUT2D eigenvalue weighted by atomic mass is 15.1. The van der Waals surface area contributed by atoms with Gasteiger partial charge >= 0.3 is 0 Å². The molecule has 1 aromatic carbocycles. The topological polar surface area (TPSA) is 39.1 Å². The maximum absolute atomic E-state index is 9.09. The van der Waals surface area contributed by atoms with Gasteiger partial charge in [-0.1, -0.05) is 17.7 Å². The van der Waals surface area contributed by atoms with Crippen LogP contribution in [0.5, 0.6) is 0 Å². The maximum atomic E-state index is 9.09. The summed E-state index contributed by atoms with van der Waals surface area (Å²) in [5.41, 5.74) is 1.86. The Morgan fingerprint density at radius 2 is 1.94 bits per heavy atom. The lowest BCUT2D eigenvalue weighted by Crippen LogP contribution is -2.47. The van der Waals surface area contributed by atoms with Crippen molar-refractivity contribution in [2.24, 2.45) is 0 Å². The van der Waals surface area contributed by atoms with Crippen LogP contribution in [-0.4, -0.2) is 26.2 Å². The Balaban J connectivity index is 2.76. The van der Waals surface area contributed by atoms with E-state index in [2.05, 4.69) is 47.5 Å². The summed E-state index contributed by atoms with van der Waals surface area (Å²) in [6.07, 6.45) is 0. The van der Waals surface area contributed by atoms with Crippen molar-refractivity contribution >= 4 is 5.69 Å². The van der Waals surface area contributed by atoms with Gasteiger partial charge in [-0.05, 0) is 33.0 Å². The summed E-state index contributed by atoms with van der Waals surface area (Å²) < 4.78 is 0. The van der Waals surface area contributed by atoms with Crippen molar-refractivity contribution < 1.29 is 0 Å². The van der Waals surface area contributed by atoms with E-state index >= 15 is 0 Å². The molecule has 0 fully saturated rings. The Morgan fingerprint density at radius 1 is 1.38 bits per heavy atom. The van der Waals surface area contributed by atoms with E-state index in [-0.39, 0.29) is 0 Å². The number of nitrogens with one attached hydrogen (secondary N) is 1. The van der Waals surface area contributed by atoms with Gasteiger partial charge in [0.1, 0.15) is 5.54 Å². The van der Waals surface area contributed by atoms with Gasteiger partial charge in [0.25, 0.3) is 0 Å². The molecule has 0 saturated carbocycles. The summed E-state index contributed by atoms with van der Waals surface area (Å²) in [6.45, 7) is 4.62. The zero-order chi connectivity index (χ0) is 12.2. The molecule has 0 aromatic heterocycles. The van der Waals surface area contributed by atoms with Gasteiger partial charge < -0.3 is 10.2 Å². The minimum Gasteiger partial charge on any atom is -0.372 e. The minimum absolute atomic E-state index is 0.514. The molecular formula is C13H19N3. The van der Waals surface area contributed by atoms with Crippen molar-refractivity contribution in [3.63, 3.8) is 0 Å². The van der Waals surface area contributed by atoms with E-state index in [0.717, 1.165) is 5.69 Å². The first-order chi connectivity index (χ1) is 7.50. The van der Waals surface area contributed by atoms with Gasteiger partial charge in [-0.3, -0.25) is 0 Å². The Morgan fingerprint density at radius 3 is 2.38 bits per heavy atom. The Labute approximate surface area is 97.7 Å². The first kappa shape index (κ1) is 12.5. The number of hydrogen-bond donors (Lipinski definition) is 1. The van der Waals surface area contributed by atoms with Crippen molar-refractivity contribution in [2.45, 2.75) is 19.4 Å². The molecule has 1 aromatic rings. The van der Waals surface area contributed by atoms with Gasteiger partial charge in [-0.15, -0.1) is 0 Å². The Hall–Kier alpha value is -1.53. The van der Waals surface area contributed by atoms with Gasteiger partial charge in [0.2, 0.25) is 0 Å². The molecule has 1 atom stereocenters. The second kappa shape index (κ2) is 5.00. The highest BCUT2D eigenvalue weighted by Gasteiger charge is 2.23. The number of rotatable bonds is 4. The largest absolute Gasteiger partial charge is 0.372 e. The van der Waals surface area contributed by atoms with E-state index in [1.165, 1.54) is 5.56 Å². The predicted octanol–water partition coefficient (Wildman–Crippen LogP) is 1.93. The zero-order valence-electron chi connectivity index (χ0n) is 10.4. The fourth-order valence-corrected chi connectivity index (χ4v) is 1.54. The lowest BCUT2D eigenvalue weighted by atomic mass is 10.0. The molecule has 86 valence electrons. The highest BCUT2D eigenvalue weighted by Crippen LogP contribution is 2.15. The molecule has 0 radical (unpaired) electrons. The summed E-state index contributed by atoms with van der Waals surface area (Å²) in [7, 11) is 3.81. The fraction of sp³-hybridized carbons (Fsp3) is 0.462. The van der Waals surface area contributed by atoms with Gasteiger partial charge in [0.05, 0.1) is 6.07 Å². The average molecular weight is 217 g/mol. The van der Waals surface area contributed by atoms with Gasteiger partial charge in [0, 0.05) is 19.3 Å². The minimum atomic E-state index is -0.514. The summed E-state index contributed by atoms with van der Waals surface area (Å²) in [4.78, 5) is 2.08. The predicted molar refractivity (Wildman–Crippen MR) is 67.5 cm³/mol. The molecule has 0 bridgehead atoms. The van der Waals surface area contributed by atoms with Crippen LogP contribution in [0.25, 0.3) is 0 Å². The molecule has 1 unspecified atom stereocenters. The van der Waals surface area contributed by atoms with Crippen LogP contribution in [0, 0.1) is 18.3 Å². The number of benzene rings is 1. The smallest absolute Gasteiger partial charge is 0.121 e. The summed E-state index contributed by atoms with van der Waals surface area (Å²) in [5, 5.41) is 12.1. The number of nitrogens with zero attached hydrogens (tertiary/aromatic N) is 2. The number of likely N-dealkylation sites (N-methyl/N-ethyl adjacent to an activating group) is 2. The van der Waals surface area contributed by atoms with Gasteiger partial charge in [0.15, 0.2) is 0 Å². The third-order valence-electron chi connectivity index (χ3n) is 2.83. The van der Waals surface area contributed by atoms with Crippen molar-refractivity contribution in [3.05, 3.63) is 29.8 Å². The third-order valence-corrected chi connectivity index (χ3v) is 2.83. The molecule has 16 heavy (non-hydrogen) atoms. The normalized spacial score (nSPS) is 13.9. The molecule has 0 amide bonds. The summed E-state index contributed by atoms with van der Waals surface area (Å²) in [6, 6.07) is 10.6. The molecule has 0 saturated heterocycles. The van der Waals surface area contributed by atoms with Crippen LogP contribution in [0.4, 0.5) is 5.69 Å². The molecule has 3 heteroatoms. The van der Waals surface area contributed by atoms with Gasteiger partial charge in [-0.25, -0.2) is 0 Å².